The van der Waals surface area contributed by atoms with E-state index in [1.165, 1.54) is 24.3 Å². The first-order valence-electron chi connectivity index (χ1n) is 9.57. The average molecular weight is 459 g/mol. The molecule has 31 heavy (non-hydrogen) atoms. The minimum Gasteiger partial charge on any atom is -0.481 e. The average Bonchev–Trinajstić information content (AvgIpc) is 2.72. The second-order valence-corrected chi connectivity index (χ2v) is 9.27. The first-order valence-corrected chi connectivity index (χ1v) is 11.4. The first kappa shape index (κ1) is 22.7. The Hall–Kier alpha value is -3.03. The molecule has 0 saturated carbocycles. The number of sulfonamides is 1. The monoisotopic (exact) mass is 458 g/mol. The number of hydrogen-bond acceptors (Lipinski definition) is 4. The van der Waals surface area contributed by atoms with Gasteiger partial charge in [0.1, 0.15) is 5.75 Å². The number of aryl methyl sites for hydroxylation is 2. The minimum atomic E-state index is -3.80. The topological polar surface area (TPSA) is 84.5 Å². The van der Waals surface area contributed by atoms with Crippen molar-refractivity contribution in [2.24, 2.45) is 0 Å². The van der Waals surface area contributed by atoms with E-state index in [9.17, 15) is 13.2 Å². The standard InChI is InChI=1S/C23H23ClN2O4S/c1-15-4-10-20(11-5-15)30-17(3)23(27)25-19-8-12-21(13-9-19)31(28,29)26-22-14-18(24)7-6-16(22)2/h4-14,17,26H,1-3H3,(H,25,27)/t17-/m0/s1. The van der Waals surface area contributed by atoms with E-state index in [0.29, 0.717) is 22.1 Å². The molecular weight excluding hydrogens is 436 g/mol. The van der Waals surface area contributed by atoms with E-state index in [1.807, 2.05) is 19.1 Å². The van der Waals surface area contributed by atoms with Crippen molar-refractivity contribution in [3.05, 3.63) is 82.9 Å². The summed E-state index contributed by atoms with van der Waals surface area (Å²) in [5.74, 6) is 0.251. The minimum absolute atomic E-state index is 0.0637. The van der Waals surface area contributed by atoms with Gasteiger partial charge in [0.15, 0.2) is 6.10 Å². The largest absolute Gasteiger partial charge is 0.481 e. The molecule has 8 heteroatoms. The molecule has 2 N–H and O–H groups in total. The summed E-state index contributed by atoms with van der Waals surface area (Å²) in [6.45, 7) is 5.40. The van der Waals surface area contributed by atoms with E-state index in [4.69, 9.17) is 16.3 Å². The Bertz CT molecular complexity index is 1180. The van der Waals surface area contributed by atoms with Gasteiger partial charge in [0.25, 0.3) is 15.9 Å². The van der Waals surface area contributed by atoms with Crippen molar-refractivity contribution in [2.45, 2.75) is 31.8 Å². The molecule has 3 aromatic rings. The fourth-order valence-electron chi connectivity index (χ4n) is 2.74. The third-order valence-electron chi connectivity index (χ3n) is 4.58. The summed E-state index contributed by atoms with van der Waals surface area (Å²) in [5, 5.41) is 3.16. The zero-order valence-electron chi connectivity index (χ0n) is 17.3. The molecule has 0 saturated heterocycles. The summed E-state index contributed by atoms with van der Waals surface area (Å²) in [4.78, 5) is 12.5. The molecule has 0 aliphatic heterocycles. The Labute approximate surface area is 187 Å². The smallest absolute Gasteiger partial charge is 0.265 e. The highest BCUT2D eigenvalue weighted by Gasteiger charge is 2.18. The van der Waals surface area contributed by atoms with E-state index in [0.717, 1.165) is 11.1 Å². The van der Waals surface area contributed by atoms with Gasteiger partial charge in [0.05, 0.1) is 10.6 Å². The first-order chi connectivity index (χ1) is 14.6. The number of anilines is 2. The highest BCUT2D eigenvalue weighted by molar-refractivity contribution is 7.92. The summed E-state index contributed by atoms with van der Waals surface area (Å²) in [5.41, 5.74) is 2.72. The Morgan fingerprint density at radius 2 is 1.61 bits per heavy atom. The maximum absolute atomic E-state index is 12.7. The molecule has 3 aromatic carbocycles. The van der Waals surface area contributed by atoms with Gasteiger partial charge < -0.3 is 10.1 Å². The van der Waals surface area contributed by atoms with Gasteiger partial charge in [-0.1, -0.05) is 35.4 Å². The van der Waals surface area contributed by atoms with Gasteiger partial charge in [0, 0.05) is 10.7 Å². The van der Waals surface area contributed by atoms with E-state index >= 15 is 0 Å². The molecule has 0 heterocycles. The van der Waals surface area contributed by atoms with E-state index < -0.39 is 16.1 Å². The van der Waals surface area contributed by atoms with Gasteiger partial charge in [-0.05, 0) is 74.9 Å². The van der Waals surface area contributed by atoms with Crippen molar-refractivity contribution in [2.75, 3.05) is 10.0 Å². The molecule has 0 fully saturated rings. The van der Waals surface area contributed by atoms with Crippen LogP contribution in [0.5, 0.6) is 5.75 Å². The highest BCUT2D eigenvalue weighted by Crippen LogP contribution is 2.24. The van der Waals surface area contributed by atoms with Crippen molar-refractivity contribution in [1.82, 2.24) is 0 Å². The predicted molar refractivity (Wildman–Crippen MR) is 123 cm³/mol. The third-order valence-corrected chi connectivity index (χ3v) is 6.20. The molecule has 0 aliphatic rings. The number of carbonyl (C=O) groups excluding carboxylic acids is 1. The SMILES string of the molecule is Cc1ccc(O[C@@H](C)C(=O)Nc2ccc(S(=O)(=O)Nc3cc(Cl)ccc3C)cc2)cc1. The number of rotatable bonds is 7. The quantitative estimate of drug-likeness (QED) is 0.512. The number of ether oxygens (including phenoxy) is 1. The summed E-state index contributed by atoms with van der Waals surface area (Å²) in [7, 11) is -3.80. The van der Waals surface area contributed by atoms with Gasteiger partial charge in [0.2, 0.25) is 0 Å². The molecular formula is C23H23ClN2O4S. The molecule has 0 aromatic heterocycles. The second kappa shape index (κ2) is 9.41. The molecule has 162 valence electrons. The fourth-order valence-corrected chi connectivity index (χ4v) is 4.04. The predicted octanol–water partition coefficient (Wildman–Crippen LogP) is 5.16. The maximum Gasteiger partial charge on any atom is 0.265 e. The van der Waals surface area contributed by atoms with E-state index in [-0.39, 0.29) is 10.8 Å². The number of hydrogen-bond donors (Lipinski definition) is 2. The van der Waals surface area contributed by atoms with Crippen LogP contribution in [0.1, 0.15) is 18.1 Å². The van der Waals surface area contributed by atoms with Crippen LogP contribution in [0.4, 0.5) is 11.4 Å². The lowest BCUT2D eigenvalue weighted by Crippen LogP contribution is -2.30. The molecule has 1 amide bonds. The zero-order valence-corrected chi connectivity index (χ0v) is 18.9. The van der Waals surface area contributed by atoms with Crippen molar-refractivity contribution in [3.8, 4) is 5.75 Å². The molecule has 0 unspecified atom stereocenters. The number of halogens is 1. The van der Waals surface area contributed by atoms with Crippen molar-refractivity contribution >= 4 is 38.9 Å². The Morgan fingerprint density at radius 3 is 2.26 bits per heavy atom. The van der Waals surface area contributed by atoms with Gasteiger partial charge >= 0.3 is 0 Å². The summed E-state index contributed by atoms with van der Waals surface area (Å²) in [6, 6.07) is 18.3. The van der Waals surface area contributed by atoms with Crippen LogP contribution in [0.3, 0.4) is 0 Å². The van der Waals surface area contributed by atoms with Gasteiger partial charge in [-0.15, -0.1) is 0 Å². The molecule has 3 rings (SSSR count). The lowest BCUT2D eigenvalue weighted by atomic mass is 10.2. The second-order valence-electron chi connectivity index (χ2n) is 7.15. The third kappa shape index (κ3) is 5.99. The van der Waals surface area contributed by atoms with E-state index in [1.54, 1.807) is 44.2 Å². The summed E-state index contributed by atoms with van der Waals surface area (Å²) < 4.78 is 33.5. The van der Waals surface area contributed by atoms with Gasteiger partial charge in [-0.2, -0.15) is 0 Å². The van der Waals surface area contributed by atoms with Crippen molar-refractivity contribution < 1.29 is 17.9 Å². The summed E-state index contributed by atoms with van der Waals surface area (Å²) >= 11 is 5.96. The van der Waals surface area contributed by atoms with Crippen LogP contribution in [-0.2, 0) is 14.8 Å². The fraction of sp³-hybridized carbons (Fsp3) is 0.174. The van der Waals surface area contributed by atoms with Gasteiger partial charge in [-0.25, -0.2) is 8.42 Å². The number of carbonyl (C=O) groups is 1. The van der Waals surface area contributed by atoms with Crippen LogP contribution >= 0.6 is 11.6 Å². The van der Waals surface area contributed by atoms with Crippen LogP contribution < -0.4 is 14.8 Å². The number of nitrogens with one attached hydrogen (secondary N) is 2. The molecule has 0 aliphatic carbocycles. The lowest BCUT2D eigenvalue weighted by Gasteiger charge is -2.15. The van der Waals surface area contributed by atoms with Crippen molar-refractivity contribution in [3.63, 3.8) is 0 Å². The molecule has 6 nitrogen and oxygen atoms in total. The molecule has 0 spiro atoms. The summed E-state index contributed by atoms with van der Waals surface area (Å²) in [6.07, 6.45) is -0.724. The molecule has 1 atom stereocenters. The van der Waals surface area contributed by atoms with Crippen LogP contribution in [0.2, 0.25) is 5.02 Å². The Balaban J connectivity index is 1.65. The van der Waals surface area contributed by atoms with Crippen LogP contribution in [0, 0.1) is 13.8 Å². The lowest BCUT2D eigenvalue weighted by molar-refractivity contribution is -0.122. The highest BCUT2D eigenvalue weighted by atomic mass is 35.5. The number of benzene rings is 3. The van der Waals surface area contributed by atoms with Crippen LogP contribution in [0.15, 0.2) is 71.6 Å². The number of amides is 1. The van der Waals surface area contributed by atoms with E-state index in [2.05, 4.69) is 10.0 Å². The molecule has 0 radical (unpaired) electrons. The van der Waals surface area contributed by atoms with Crippen LogP contribution in [-0.4, -0.2) is 20.4 Å². The Morgan fingerprint density at radius 1 is 0.968 bits per heavy atom. The Kier molecular flexibility index (Phi) is 6.87. The van der Waals surface area contributed by atoms with Crippen molar-refractivity contribution in [1.29, 1.82) is 0 Å². The normalized spacial score (nSPS) is 12.1. The maximum atomic E-state index is 12.7. The van der Waals surface area contributed by atoms with Crippen LogP contribution in [0.25, 0.3) is 0 Å². The van der Waals surface area contributed by atoms with Gasteiger partial charge in [-0.3, -0.25) is 9.52 Å². The zero-order chi connectivity index (χ0) is 22.6. The molecule has 0 bridgehead atoms.